The maximum atomic E-state index is 12.9. The van der Waals surface area contributed by atoms with Crippen molar-refractivity contribution in [3.63, 3.8) is 0 Å². The Bertz CT molecular complexity index is 958. The van der Waals surface area contributed by atoms with Crippen molar-refractivity contribution in [3.8, 4) is 0 Å². The molecule has 6 heteroatoms. The number of nitrogens with zero attached hydrogens (tertiary/aromatic N) is 1. The summed E-state index contributed by atoms with van der Waals surface area (Å²) in [5.41, 5.74) is 2.93. The number of carbonyl (C=O) groups excluding carboxylic acids is 2. The molecule has 0 unspecified atom stereocenters. The van der Waals surface area contributed by atoms with Crippen molar-refractivity contribution in [1.82, 2.24) is 10.2 Å². The van der Waals surface area contributed by atoms with Crippen LogP contribution in [0.1, 0.15) is 21.5 Å². The molecule has 3 aromatic carbocycles. The first-order valence-electron chi connectivity index (χ1n) is 9.20. The Hall–Kier alpha value is -3.67. The number of rotatable bonds is 6. The predicted octanol–water partition coefficient (Wildman–Crippen LogP) is 4.42. The summed E-state index contributed by atoms with van der Waals surface area (Å²) in [6, 6.07) is 22.1. The van der Waals surface area contributed by atoms with Crippen LogP contribution in [0.2, 0.25) is 0 Å². The van der Waals surface area contributed by atoms with Gasteiger partial charge in [-0.05, 0) is 47.5 Å². The molecular formula is C23H22FN3O2. The minimum absolute atomic E-state index is 0.234. The molecule has 0 aromatic heterocycles. The van der Waals surface area contributed by atoms with Crippen LogP contribution in [0.3, 0.4) is 0 Å². The lowest BCUT2D eigenvalue weighted by molar-refractivity contribution is 0.0951. The fourth-order valence-electron chi connectivity index (χ4n) is 2.74. The second kappa shape index (κ2) is 9.50. The molecule has 3 aromatic rings. The zero-order valence-corrected chi connectivity index (χ0v) is 16.1. The first kappa shape index (κ1) is 20.1. The first-order valence-corrected chi connectivity index (χ1v) is 9.20. The van der Waals surface area contributed by atoms with E-state index in [1.165, 1.54) is 12.1 Å². The Morgan fingerprint density at radius 1 is 0.862 bits per heavy atom. The molecule has 0 aliphatic carbocycles. The minimum atomic E-state index is -0.313. The van der Waals surface area contributed by atoms with E-state index in [4.69, 9.17) is 0 Å². The van der Waals surface area contributed by atoms with Crippen molar-refractivity contribution in [2.24, 2.45) is 0 Å². The molecule has 5 nitrogen and oxygen atoms in total. The van der Waals surface area contributed by atoms with Crippen LogP contribution >= 0.6 is 0 Å². The van der Waals surface area contributed by atoms with E-state index in [9.17, 15) is 14.0 Å². The highest BCUT2D eigenvalue weighted by Crippen LogP contribution is 2.12. The van der Waals surface area contributed by atoms with Gasteiger partial charge >= 0.3 is 6.03 Å². The molecule has 0 aliphatic heterocycles. The molecule has 3 amide bonds. The number of anilines is 1. The molecule has 0 fully saturated rings. The molecule has 0 saturated carbocycles. The van der Waals surface area contributed by atoms with Crippen LogP contribution in [0.15, 0.2) is 78.9 Å². The van der Waals surface area contributed by atoms with Crippen LogP contribution in [0.25, 0.3) is 0 Å². The Morgan fingerprint density at radius 2 is 1.52 bits per heavy atom. The third kappa shape index (κ3) is 5.90. The summed E-state index contributed by atoms with van der Waals surface area (Å²) in [5, 5.41) is 5.59. The first-order chi connectivity index (χ1) is 14.0. The zero-order valence-electron chi connectivity index (χ0n) is 16.1. The van der Waals surface area contributed by atoms with Gasteiger partial charge in [-0.3, -0.25) is 4.79 Å². The van der Waals surface area contributed by atoms with Gasteiger partial charge in [-0.25, -0.2) is 9.18 Å². The molecule has 148 valence electrons. The number of hydrogen-bond acceptors (Lipinski definition) is 2. The molecule has 0 heterocycles. The SMILES string of the molecule is CN(Cc1ccccc1)C(=O)Nc1ccc(C(=O)NCc2ccc(F)cc2)cc1. The lowest BCUT2D eigenvalue weighted by atomic mass is 10.1. The van der Waals surface area contributed by atoms with Crippen molar-refractivity contribution in [1.29, 1.82) is 0 Å². The molecule has 0 radical (unpaired) electrons. The molecule has 3 rings (SSSR count). The van der Waals surface area contributed by atoms with Gasteiger partial charge in [-0.1, -0.05) is 42.5 Å². The smallest absolute Gasteiger partial charge is 0.321 e. The second-order valence-corrected chi connectivity index (χ2v) is 6.66. The van der Waals surface area contributed by atoms with Crippen molar-refractivity contribution in [3.05, 3.63) is 101 Å². The standard InChI is InChI=1S/C23H22FN3O2/c1-27(16-18-5-3-2-4-6-18)23(29)26-21-13-9-19(10-14-21)22(28)25-15-17-7-11-20(24)12-8-17/h2-14H,15-16H2,1H3,(H,25,28)(H,26,29). The molecule has 0 atom stereocenters. The number of hydrogen-bond donors (Lipinski definition) is 2. The van der Waals surface area contributed by atoms with Gasteiger partial charge in [-0.2, -0.15) is 0 Å². The second-order valence-electron chi connectivity index (χ2n) is 6.66. The number of halogens is 1. The van der Waals surface area contributed by atoms with Gasteiger partial charge < -0.3 is 15.5 Å². The van der Waals surface area contributed by atoms with E-state index in [0.29, 0.717) is 24.3 Å². The lowest BCUT2D eigenvalue weighted by Gasteiger charge is -2.18. The number of amides is 3. The number of nitrogens with one attached hydrogen (secondary N) is 2. The normalized spacial score (nSPS) is 10.3. The van der Waals surface area contributed by atoms with Gasteiger partial charge in [0, 0.05) is 31.4 Å². The van der Waals surface area contributed by atoms with E-state index < -0.39 is 0 Å². The number of carbonyl (C=O) groups is 2. The van der Waals surface area contributed by atoms with E-state index in [2.05, 4.69) is 10.6 Å². The molecule has 0 spiro atoms. The van der Waals surface area contributed by atoms with E-state index >= 15 is 0 Å². The maximum Gasteiger partial charge on any atom is 0.321 e. The van der Waals surface area contributed by atoms with Crippen LogP contribution in [0, 0.1) is 5.82 Å². The topological polar surface area (TPSA) is 61.4 Å². The fraction of sp³-hybridized carbons (Fsp3) is 0.130. The fourth-order valence-corrected chi connectivity index (χ4v) is 2.74. The average molecular weight is 391 g/mol. The van der Waals surface area contributed by atoms with Crippen molar-refractivity contribution in [2.45, 2.75) is 13.1 Å². The van der Waals surface area contributed by atoms with Crippen LogP contribution in [-0.2, 0) is 13.1 Å². The van der Waals surface area contributed by atoms with Crippen molar-refractivity contribution >= 4 is 17.6 Å². The summed E-state index contributed by atoms with van der Waals surface area (Å²) in [7, 11) is 1.72. The van der Waals surface area contributed by atoms with Gasteiger partial charge in [0.1, 0.15) is 5.82 Å². The quantitative estimate of drug-likeness (QED) is 0.653. The summed E-state index contributed by atoms with van der Waals surface area (Å²) < 4.78 is 12.9. The van der Waals surface area contributed by atoms with E-state index in [0.717, 1.165) is 11.1 Å². The molecule has 0 aliphatic rings. The molecule has 29 heavy (non-hydrogen) atoms. The third-order valence-electron chi connectivity index (χ3n) is 4.37. The predicted molar refractivity (Wildman–Crippen MR) is 111 cm³/mol. The average Bonchev–Trinajstić information content (AvgIpc) is 2.74. The van der Waals surface area contributed by atoms with Gasteiger partial charge in [0.05, 0.1) is 0 Å². The highest BCUT2D eigenvalue weighted by Gasteiger charge is 2.10. The Labute approximate surface area is 169 Å². The van der Waals surface area contributed by atoms with Crippen LogP contribution in [-0.4, -0.2) is 23.9 Å². The van der Waals surface area contributed by atoms with Gasteiger partial charge in [0.15, 0.2) is 0 Å². The molecule has 2 N–H and O–H groups in total. The largest absolute Gasteiger partial charge is 0.348 e. The summed E-state index contributed by atoms with van der Waals surface area (Å²) in [6.07, 6.45) is 0. The summed E-state index contributed by atoms with van der Waals surface area (Å²) in [6.45, 7) is 0.804. The summed E-state index contributed by atoms with van der Waals surface area (Å²) in [4.78, 5) is 26.2. The lowest BCUT2D eigenvalue weighted by Crippen LogP contribution is -2.30. The highest BCUT2D eigenvalue weighted by atomic mass is 19.1. The summed E-state index contributed by atoms with van der Waals surface area (Å²) >= 11 is 0. The van der Waals surface area contributed by atoms with Crippen LogP contribution in [0.4, 0.5) is 14.9 Å². The van der Waals surface area contributed by atoms with Gasteiger partial charge in [0.25, 0.3) is 5.91 Å². The van der Waals surface area contributed by atoms with E-state index in [1.807, 2.05) is 30.3 Å². The van der Waals surface area contributed by atoms with Crippen LogP contribution in [0.5, 0.6) is 0 Å². The maximum absolute atomic E-state index is 12.9. The molecular weight excluding hydrogens is 369 g/mol. The Balaban J connectivity index is 1.51. The van der Waals surface area contributed by atoms with Crippen LogP contribution < -0.4 is 10.6 Å². The van der Waals surface area contributed by atoms with E-state index in [-0.39, 0.29) is 17.8 Å². The third-order valence-corrected chi connectivity index (χ3v) is 4.37. The van der Waals surface area contributed by atoms with Crippen molar-refractivity contribution < 1.29 is 14.0 Å². The van der Waals surface area contributed by atoms with Gasteiger partial charge in [-0.15, -0.1) is 0 Å². The minimum Gasteiger partial charge on any atom is -0.348 e. The number of benzene rings is 3. The molecule has 0 bridgehead atoms. The highest BCUT2D eigenvalue weighted by molar-refractivity contribution is 5.95. The monoisotopic (exact) mass is 391 g/mol. The summed E-state index contributed by atoms with van der Waals surface area (Å²) in [5.74, 6) is -0.555. The molecule has 0 saturated heterocycles. The number of urea groups is 1. The van der Waals surface area contributed by atoms with Gasteiger partial charge in [0.2, 0.25) is 0 Å². The Morgan fingerprint density at radius 3 is 2.17 bits per heavy atom. The van der Waals surface area contributed by atoms with E-state index in [1.54, 1.807) is 48.3 Å². The zero-order chi connectivity index (χ0) is 20.6. The Kier molecular flexibility index (Phi) is 6.58. The van der Waals surface area contributed by atoms with Crippen molar-refractivity contribution in [2.75, 3.05) is 12.4 Å².